The highest BCUT2D eigenvalue weighted by Crippen LogP contribution is 2.16. The number of hydrogen-bond acceptors (Lipinski definition) is 8. The van der Waals surface area contributed by atoms with Crippen molar-refractivity contribution in [3.63, 3.8) is 0 Å². The van der Waals surface area contributed by atoms with Crippen LogP contribution in [0.25, 0.3) is 0 Å². The summed E-state index contributed by atoms with van der Waals surface area (Å²) in [6.45, 7) is 2.40. The van der Waals surface area contributed by atoms with Crippen LogP contribution in [0.15, 0.2) is 71.8 Å². The van der Waals surface area contributed by atoms with Gasteiger partial charge in [-0.05, 0) is 54.8 Å². The van der Waals surface area contributed by atoms with Crippen molar-refractivity contribution in [2.24, 2.45) is 0 Å². The normalized spacial score (nSPS) is 11.0. The average molecular weight is 539 g/mol. The van der Waals surface area contributed by atoms with E-state index in [4.69, 9.17) is 4.74 Å². The van der Waals surface area contributed by atoms with Crippen LogP contribution in [-0.2, 0) is 16.4 Å². The first-order valence-electron chi connectivity index (χ1n) is 12.0. The minimum absolute atomic E-state index is 0.0817. The van der Waals surface area contributed by atoms with Crippen molar-refractivity contribution in [3.8, 4) is 5.75 Å². The number of aryl methyl sites for hydroxylation is 1. The topological polar surface area (TPSA) is 155 Å². The molecule has 38 heavy (non-hydrogen) atoms. The molecule has 10 nitrogen and oxygen atoms in total. The van der Waals surface area contributed by atoms with E-state index in [2.05, 4.69) is 10.3 Å². The number of rotatable bonds is 13. The number of carboxylic acid groups (broad SMARTS) is 1. The Bertz CT molecular complexity index is 1390. The summed E-state index contributed by atoms with van der Waals surface area (Å²) in [5, 5.41) is 14.0. The van der Waals surface area contributed by atoms with Gasteiger partial charge in [-0.15, -0.1) is 0 Å². The fourth-order valence-corrected chi connectivity index (χ4v) is 4.59. The first kappa shape index (κ1) is 28.3. The molecule has 0 bridgehead atoms. The Hall–Kier alpha value is -4.25. The molecular weight excluding hydrogens is 510 g/mol. The number of para-hydroxylation sites is 1. The third-order valence-electron chi connectivity index (χ3n) is 5.50. The summed E-state index contributed by atoms with van der Waals surface area (Å²) in [4.78, 5) is 40.1. The molecule has 3 rings (SSSR count). The van der Waals surface area contributed by atoms with Gasteiger partial charge in [0.05, 0.1) is 28.7 Å². The third kappa shape index (κ3) is 7.87. The van der Waals surface area contributed by atoms with Gasteiger partial charge in [0, 0.05) is 11.8 Å². The highest BCUT2D eigenvalue weighted by molar-refractivity contribution is 7.90. The smallest absolute Gasteiger partial charge is 0.266 e. The number of nitrogens with zero attached hydrogens (tertiary/aromatic N) is 1. The van der Waals surface area contributed by atoms with Crippen LogP contribution in [0, 0.1) is 0 Å². The summed E-state index contributed by atoms with van der Waals surface area (Å²) in [5.41, 5.74) is -0.0255. The maximum Gasteiger partial charge on any atom is 0.266 e. The number of aromatic carboxylic acids is 1. The van der Waals surface area contributed by atoms with E-state index in [0.717, 1.165) is 25.1 Å². The van der Waals surface area contributed by atoms with Crippen molar-refractivity contribution < 1.29 is 32.6 Å². The molecule has 1 aromatic heterocycles. The van der Waals surface area contributed by atoms with Crippen LogP contribution in [-0.4, -0.2) is 44.3 Å². The summed E-state index contributed by atoms with van der Waals surface area (Å²) in [7, 11) is -4.35. The molecule has 2 amide bonds. The number of carbonyl (C=O) groups excluding carboxylic acids is 3. The molecule has 1 heterocycles. The van der Waals surface area contributed by atoms with E-state index < -0.39 is 27.8 Å². The summed E-state index contributed by atoms with van der Waals surface area (Å²) < 4.78 is 33.2. The Morgan fingerprint density at radius 3 is 2.42 bits per heavy atom. The number of hydrogen-bond donors (Lipinski definition) is 2. The van der Waals surface area contributed by atoms with E-state index >= 15 is 0 Å². The third-order valence-corrected chi connectivity index (χ3v) is 6.83. The SMILES string of the molecule is CCCCCc1cc(C(=O)NS(=O)(=O)c2cccc(C(=O)NCCOc3ccccc3)c2)cnc1C(=O)[O-]. The Kier molecular flexibility index (Phi) is 9.94. The molecule has 0 radical (unpaired) electrons. The van der Waals surface area contributed by atoms with Crippen LogP contribution in [0.1, 0.15) is 63.0 Å². The summed E-state index contributed by atoms with van der Waals surface area (Å²) in [6, 6.07) is 15.6. The zero-order chi connectivity index (χ0) is 27.5. The molecule has 3 aromatic rings. The maximum absolute atomic E-state index is 12.9. The van der Waals surface area contributed by atoms with Gasteiger partial charge in [-0.2, -0.15) is 0 Å². The van der Waals surface area contributed by atoms with E-state index in [1.807, 2.05) is 29.8 Å². The second-order valence-electron chi connectivity index (χ2n) is 8.36. The summed E-state index contributed by atoms with van der Waals surface area (Å²) in [5.74, 6) is -2.31. The van der Waals surface area contributed by atoms with Crippen molar-refractivity contribution in [2.45, 2.75) is 37.5 Å². The Labute approximate surface area is 221 Å². The molecule has 0 aliphatic carbocycles. The molecule has 0 saturated carbocycles. The first-order valence-corrected chi connectivity index (χ1v) is 13.5. The second-order valence-corrected chi connectivity index (χ2v) is 10.0. The summed E-state index contributed by atoms with van der Waals surface area (Å²) >= 11 is 0. The van der Waals surface area contributed by atoms with Crippen LogP contribution >= 0.6 is 0 Å². The molecule has 0 saturated heterocycles. The minimum Gasteiger partial charge on any atom is -0.543 e. The maximum atomic E-state index is 12.9. The van der Waals surface area contributed by atoms with E-state index in [1.54, 1.807) is 12.1 Å². The lowest BCUT2D eigenvalue weighted by atomic mass is 10.0. The zero-order valence-electron chi connectivity index (χ0n) is 20.8. The van der Waals surface area contributed by atoms with Gasteiger partial charge >= 0.3 is 0 Å². The van der Waals surface area contributed by atoms with Crippen molar-refractivity contribution >= 4 is 27.8 Å². The van der Waals surface area contributed by atoms with Gasteiger partial charge in [-0.25, -0.2) is 13.1 Å². The number of sulfonamides is 1. The molecule has 0 unspecified atom stereocenters. The number of benzene rings is 2. The molecule has 0 aliphatic rings. The van der Waals surface area contributed by atoms with Crippen LogP contribution in [0.4, 0.5) is 0 Å². The van der Waals surface area contributed by atoms with Gasteiger partial charge in [-0.3, -0.25) is 14.6 Å². The number of amides is 2. The van der Waals surface area contributed by atoms with Gasteiger partial charge in [0.2, 0.25) is 0 Å². The monoisotopic (exact) mass is 538 g/mol. The number of carboxylic acids is 1. The zero-order valence-corrected chi connectivity index (χ0v) is 21.6. The van der Waals surface area contributed by atoms with Crippen molar-refractivity contribution in [1.29, 1.82) is 0 Å². The predicted molar refractivity (Wildman–Crippen MR) is 137 cm³/mol. The van der Waals surface area contributed by atoms with Crippen LogP contribution in [0.3, 0.4) is 0 Å². The van der Waals surface area contributed by atoms with Gasteiger partial charge in [0.1, 0.15) is 12.4 Å². The van der Waals surface area contributed by atoms with Gasteiger partial charge < -0.3 is 20.0 Å². The fourth-order valence-electron chi connectivity index (χ4n) is 3.57. The van der Waals surface area contributed by atoms with E-state index in [1.165, 1.54) is 24.3 Å². The summed E-state index contributed by atoms with van der Waals surface area (Å²) in [6.07, 6.45) is 3.77. The lowest BCUT2D eigenvalue weighted by molar-refractivity contribution is -0.255. The van der Waals surface area contributed by atoms with Crippen LogP contribution < -0.4 is 19.9 Å². The van der Waals surface area contributed by atoms with Gasteiger partial charge in [0.25, 0.3) is 21.8 Å². The van der Waals surface area contributed by atoms with Crippen LogP contribution in [0.5, 0.6) is 5.75 Å². The lowest BCUT2D eigenvalue weighted by Crippen LogP contribution is -2.32. The molecule has 0 spiro atoms. The lowest BCUT2D eigenvalue weighted by Gasteiger charge is -2.12. The number of nitrogens with one attached hydrogen (secondary N) is 2. The molecule has 0 atom stereocenters. The van der Waals surface area contributed by atoms with Crippen molar-refractivity contribution in [2.75, 3.05) is 13.2 Å². The molecule has 2 aromatic carbocycles. The van der Waals surface area contributed by atoms with E-state index in [9.17, 15) is 27.9 Å². The quantitative estimate of drug-likeness (QED) is 0.314. The Morgan fingerprint density at radius 1 is 0.947 bits per heavy atom. The van der Waals surface area contributed by atoms with E-state index in [0.29, 0.717) is 24.2 Å². The standard InChI is InChI=1S/C27H29N3O7S/c1-2-3-5-9-19-16-21(18-29-24(19)27(33)34)26(32)30-38(35,36)23-13-8-10-20(17-23)25(31)28-14-15-37-22-11-6-4-7-12-22/h4,6-8,10-13,16-18H,2-3,5,9,14-15H2,1H3,(H,28,31)(H,30,32)(H,33,34)/p-1. The van der Waals surface area contributed by atoms with Crippen molar-refractivity contribution in [3.05, 3.63) is 89.2 Å². The van der Waals surface area contributed by atoms with Gasteiger partial charge in [-0.1, -0.05) is 44.0 Å². The Balaban J connectivity index is 1.66. The molecule has 200 valence electrons. The van der Waals surface area contributed by atoms with Crippen LogP contribution in [0.2, 0.25) is 0 Å². The highest BCUT2D eigenvalue weighted by atomic mass is 32.2. The largest absolute Gasteiger partial charge is 0.543 e. The molecular formula is C27H28N3O7S-. The Morgan fingerprint density at radius 2 is 1.71 bits per heavy atom. The average Bonchev–Trinajstić information content (AvgIpc) is 2.91. The number of pyridine rings is 1. The predicted octanol–water partition coefficient (Wildman–Crippen LogP) is 2.11. The molecule has 0 fully saturated rings. The minimum atomic E-state index is -4.35. The second kappa shape index (κ2) is 13.3. The van der Waals surface area contributed by atoms with Crippen molar-refractivity contribution in [1.82, 2.24) is 15.0 Å². The van der Waals surface area contributed by atoms with E-state index in [-0.39, 0.29) is 34.9 Å². The highest BCUT2D eigenvalue weighted by Gasteiger charge is 2.21. The fraction of sp³-hybridized carbons (Fsp3) is 0.259. The number of aromatic nitrogens is 1. The first-order chi connectivity index (χ1) is 18.2. The molecule has 0 aliphatic heterocycles. The molecule has 11 heteroatoms. The number of ether oxygens (including phenoxy) is 1. The van der Waals surface area contributed by atoms with Gasteiger partial charge in [0.15, 0.2) is 0 Å². The number of unbranched alkanes of at least 4 members (excludes halogenated alkanes) is 2. The molecule has 2 N–H and O–H groups in total. The number of carbonyl (C=O) groups is 3.